The van der Waals surface area contributed by atoms with E-state index in [0.717, 1.165) is 17.1 Å². The summed E-state index contributed by atoms with van der Waals surface area (Å²) in [5, 5.41) is 5.14. The molecular formula is C63H44N2S. The van der Waals surface area contributed by atoms with Gasteiger partial charge < -0.3 is 9.47 Å². The average molecular weight is 861 g/mol. The Bertz CT molecular complexity index is 3730. The smallest absolute Gasteiger partial charge is 0.0541 e. The van der Waals surface area contributed by atoms with Crippen molar-refractivity contribution >= 4 is 70.4 Å². The van der Waals surface area contributed by atoms with E-state index in [2.05, 4.69) is 254 Å². The van der Waals surface area contributed by atoms with Gasteiger partial charge in [-0.3, -0.25) is 0 Å². The zero-order chi connectivity index (χ0) is 43.9. The van der Waals surface area contributed by atoms with Crippen molar-refractivity contribution in [3.8, 4) is 50.2 Å². The Morgan fingerprint density at radius 1 is 0.348 bits per heavy atom. The van der Waals surface area contributed by atoms with E-state index in [-0.39, 0.29) is 5.41 Å². The summed E-state index contributed by atoms with van der Waals surface area (Å²) in [5.74, 6) is 0. The van der Waals surface area contributed by atoms with Gasteiger partial charge >= 0.3 is 0 Å². The SMILES string of the molecule is CC1(C)c2cc(N(c3ccc(-c4cc(-c5ccccc5)cc(-c5ccccc5)c4)cc3)c3ccc4sc5ccccc5c4c3)ccc2-c2ccc(-n3c4ccccc4c4ccccc43)cc21. The molecule has 0 unspecified atom stereocenters. The van der Waals surface area contributed by atoms with Gasteiger partial charge in [-0.25, -0.2) is 0 Å². The molecule has 3 heteroatoms. The van der Waals surface area contributed by atoms with Crippen molar-refractivity contribution in [2.75, 3.05) is 4.90 Å². The molecular weight excluding hydrogens is 817 g/mol. The van der Waals surface area contributed by atoms with Crippen molar-refractivity contribution in [2.24, 2.45) is 0 Å². The highest BCUT2D eigenvalue weighted by Gasteiger charge is 2.36. The topological polar surface area (TPSA) is 8.17 Å². The molecule has 2 nitrogen and oxygen atoms in total. The molecule has 12 aromatic rings. The van der Waals surface area contributed by atoms with Crippen molar-refractivity contribution < 1.29 is 0 Å². The van der Waals surface area contributed by atoms with Gasteiger partial charge in [0.25, 0.3) is 0 Å². The van der Waals surface area contributed by atoms with Crippen LogP contribution in [-0.2, 0) is 5.41 Å². The third-order valence-electron chi connectivity index (χ3n) is 14.0. The first-order chi connectivity index (χ1) is 32.5. The lowest BCUT2D eigenvalue weighted by molar-refractivity contribution is 0.660. The first kappa shape index (κ1) is 38.5. The molecule has 1 aliphatic carbocycles. The monoisotopic (exact) mass is 860 g/mol. The Hall–Kier alpha value is -7.98. The van der Waals surface area contributed by atoms with E-state index < -0.39 is 0 Å². The van der Waals surface area contributed by atoms with Crippen LogP contribution in [0.5, 0.6) is 0 Å². The Morgan fingerprint density at radius 2 is 0.818 bits per heavy atom. The molecule has 0 bridgehead atoms. The summed E-state index contributed by atoms with van der Waals surface area (Å²) < 4.78 is 5.05. The molecule has 0 saturated heterocycles. The van der Waals surface area contributed by atoms with E-state index >= 15 is 0 Å². The fraction of sp³-hybridized carbons (Fsp3) is 0.0476. The molecule has 66 heavy (non-hydrogen) atoms. The summed E-state index contributed by atoms with van der Waals surface area (Å²) >= 11 is 1.86. The first-order valence-corrected chi connectivity index (χ1v) is 23.6. The fourth-order valence-corrected chi connectivity index (χ4v) is 11.8. The number of rotatable bonds is 7. The lowest BCUT2D eigenvalue weighted by atomic mass is 9.82. The van der Waals surface area contributed by atoms with Gasteiger partial charge in [-0.1, -0.05) is 153 Å². The normalized spacial score (nSPS) is 12.8. The van der Waals surface area contributed by atoms with Crippen LogP contribution in [0.1, 0.15) is 25.0 Å². The molecule has 1 aliphatic rings. The van der Waals surface area contributed by atoms with Crippen LogP contribution in [0.4, 0.5) is 17.1 Å². The number of nitrogens with zero attached hydrogens (tertiary/aromatic N) is 2. The van der Waals surface area contributed by atoms with Crippen LogP contribution in [0.3, 0.4) is 0 Å². The maximum absolute atomic E-state index is 2.45. The van der Waals surface area contributed by atoms with Gasteiger partial charge in [0.15, 0.2) is 0 Å². The first-order valence-electron chi connectivity index (χ1n) is 22.8. The van der Waals surface area contributed by atoms with Gasteiger partial charge in [-0.15, -0.1) is 11.3 Å². The average Bonchev–Trinajstić information content (AvgIpc) is 3.99. The molecule has 0 aliphatic heterocycles. The van der Waals surface area contributed by atoms with Crippen molar-refractivity contribution in [3.63, 3.8) is 0 Å². The number of anilines is 3. The molecule has 0 amide bonds. The molecule has 0 fully saturated rings. The van der Waals surface area contributed by atoms with Crippen LogP contribution < -0.4 is 4.90 Å². The summed E-state index contributed by atoms with van der Waals surface area (Å²) in [6, 6.07) is 85.2. The highest BCUT2D eigenvalue weighted by Crippen LogP contribution is 2.52. The standard InChI is InChI=1S/C63H44N2S/c1-63(2)57-39-49(29-32-51(57)52-33-30-50(40-58(52)63)65-59-22-12-9-19-53(59)54-20-10-13-23-60(54)65)64(48-31-34-62-56(38-48)55-21-11-14-24-61(55)66-62)47-27-25-43(26-28-47)46-36-44(41-15-5-3-6-16-41)35-45(37-46)42-17-7-4-8-18-42/h3-40H,1-2H3. The number of para-hydroxylation sites is 2. The van der Waals surface area contributed by atoms with E-state index in [1.54, 1.807) is 0 Å². The molecule has 0 N–H and O–H groups in total. The Labute approximate surface area is 388 Å². The molecule has 2 heterocycles. The number of aromatic nitrogens is 1. The molecule has 312 valence electrons. The molecule has 0 atom stereocenters. The highest BCUT2D eigenvalue weighted by molar-refractivity contribution is 7.25. The maximum atomic E-state index is 2.45. The molecule has 2 aromatic heterocycles. The second kappa shape index (κ2) is 15.1. The molecule has 0 radical (unpaired) electrons. The zero-order valence-electron chi connectivity index (χ0n) is 36.7. The van der Waals surface area contributed by atoms with Crippen molar-refractivity contribution in [1.82, 2.24) is 4.57 Å². The lowest BCUT2D eigenvalue weighted by Gasteiger charge is -2.28. The van der Waals surface area contributed by atoms with E-state index in [4.69, 9.17) is 0 Å². The fourth-order valence-electron chi connectivity index (χ4n) is 10.7. The van der Waals surface area contributed by atoms with Crippen LogP contribution >= 0.6 is 11.3 Å². The number of benzene rings is 10. The van der Waals surface area contributed by atoms with E-state index in [9.17, 15) is 0 Å². The van der Waals surface area contributed by atoms with Crippen LogP contribution in [-0.4, -0.2) is 4.57 Å². The minimum atomic E-state index is -0.237. The summed E-state index contributed by atoms with van der Waals surface area (Å²) in [7, 11) is 0. The van der Waals surface area contributed by atoms with Crippen LogP contribution in [0.25, 0.3) is 92.2 Å². The second-order valence-corrected chi connectivity index (χ2v) is 19.2. The molecule has 0 saturated carbocycles. The van der Waals surface area contributed by atoms with E-state index in [1.165, 1.54) is 103 Å². The highest BCUT2D eigenvalue weighted by atomic mass is 32.1. The van der Waals surface area contributed by atoms with Crippen LogP contribution in [0, 0.1) is 0 Å². The summed E-state index contributed by atoms with van der Waals surface area (Å²) in [5.41, 5.74) is 19.3. The second-order valence-electron chi connectivity index (χ2n) is 18.1. The van der Waals surface area contributed by atoms with Gasteiger partial charge in [0.05, 0.1) is 11.0 Å². The number of fused-ring (bicyclic) bond motifs is 9. The van der Waals surface area contributed by atoms with Crippen LogP contribution in [0.15, 0.2) is 231 Å². The maximum Gasteiger partial charge on any atom is 0.0541 e. The Balaban J connectivity index is 0.936. The molecule has 10 aromatic carbocycles. The third kappa shape index (κ3) is 6.15. The van der Waals surface area contributed by atoms with Crippen molar-refractivity contribution in [3.05, 3.63) is 242 Å². The summed E-state index contributed by atoms with van der Waals surface area (Å²) in [6.45, 7) is 4.79. The van der Waals surface area contributed by atoms with Crippen LogP contribution in [0.2, 0.25) is 0 Å². The minimum Gasteiger partial charge on any atom is -0.310 e. The summed E-state index contributed by atoms with van der Waals surface area (Å²) in [4.78, 5) is 2.45. The predicted octanol–water partition coefficient (Wildman–Crippen LogP) is 17.9. The Kier molecular flexibility index (Phi) is 8.78. The van der Waals surface area contributed by atoms with Gasteiger partial charge in [-0.05, 0) is 147 Å². The van der Waals surface area contributed by atoms with Gasteiger partial charge in [0, 0.05) is 59.1 Å². The van der Waals surface area contributed by atoms with Crippen molar-refractivity contribution in [1.29, 1.82) is 0 Å². The molecule has 13 rings (SSSR count). The van der Waals surface area contributed by atoms with E-state index in [0.29, 0.717) is 0 Å². The summed E-state index contributed by atoms with van der Waals surface area (Å²) in [6.07, 6.45) is 0. The van der Waals surface area contributed by atoms with E-state index in [1.807, 2.05) is 11.3 Å². The number of hydrogen-bond acceptors (Lipinski definition) is 2. The van der Waals surface area contributed by atoms with Gasteiger partial charge in [0.1, 0.15) is 0 Å². The van der Waals surface area contributed by atoms with Crippen molar-refractivity contribution in [2.45, 2.75) is 19.3 Å². The van der Waals surface area contributed by atoms with Gasteiger partial charge in [-0.2, -0.15) is 0 Å². The third-order valence-corrected chi connectivity index (χ3v) is 15.1. The number of hydrogen-bond donors (Lipinski definition) is 0. The minimum absolute atomic E-state index is 0.237. The quantitative estimate of drug-likeness (QED) is 0.155. The van der Waals surface area contributed by atoms with Gasteiger partial charge in [0.2, 0.25) is 0 Å². The lowest BCUT2D eigenvalue weighted by Crippen LogP contribution is -2.17. The molecule has 0 spiro atoms. The largest absolute Gasteiger partial charge is 0.310 e. The Morgan fingerprint density at radius 3 is 1.45 bits per heavy atom. The number of thiophene rings is 1. The predicted molar refractivity (Wildman–Crippen MR) is 282 cm³/mol. The zero-order valence-corrected chi connectivity index (χ0v) is 37.6.